The van der Waals surface area contributed by atoms with E-state index >= 15 is 0 Å². The smallest absolute Gasteiger partial charge is 0.339 e. The van der Waals surface area contributed by atoms with Crippen molar-refractivity contribution in [1.82, 2.24) is 5.32 Å². The van der Waals surface area contributed by atoms with Crippen LogP contribution in [-0.2, 0) is 9.53 Å². The third kappa shape index (κ3) is 4.89. The van der Waals surface area contributed by atoms with Crippen molar-refractivity contribution in [3.8, 4) is 0 Å². The Kier molecular flexibility index (Phi) is 5.87. The summed E-state index contributed by atoms with van der Waals surface area (Å²) in [6.07, 6.45) is 0. The third-order valence-electron chi connectivity index (χ3n) is 3.16. The van der Waals surface area contributed by atoms with Crippen LogP contribution in [0.4, 0.5) is 4.39 Å². The molecule has 0 spiro atoms. The Morgan fingerprint density at radius 1 is 1.22 bits per heavy atom. The van der Waals surface area contributed by atoms with Crippen LogP contribution in [0.1, 0.15) is 28.9 Å². The van der Waals surface area contributed by atoms with Crippen molar-refractivity contribution in [3.05, 3.63) is 69.9 Å². The summed E-state index contributed by atoms with van der Waals surface area (Å²) in [5.41, 5.74) is 1.11. The minimum atomic E-state index is -0.695. The molecule has 0 bridgehead atoms. The maximum atomic E-state index is 13.0. The highest BCUT2D eigenvalue weighted by Crippen LogP contribution is 2.19. The molecule has 0 radical (unpaired) electrons. The number of hydrogen-bond acceptors (Lipinski definition) is 3. The molecular weight excluding hydrogens is 365 g/mol. The van der Waals surface area contributed by atoms with Crippen LogP contribution >= 0.6 is 15.9 Å². The largest absolute Gasteiger partial charge is 0.452 e. The highest BCUT2D eigenvalue weighted by Gasteiger charge is 2.15. The number of ether oxygens (including phenoxy) is 1. The summed E-state index contributed by atoms with van der Waals surface area (Å²) in [6, 6.07) is 12.9. The summed E-state index contributed by atoms with van der Waals surface area (Å²) < 4.78 is 18.2. The molecule has 1 N–H and O–H groups in total. The number of halogens is 2. The first kappa shape index (κ1) is 17.1. The molecular formula is C17H15BrFNO3. The molecule has 0 heterocycles. The van der Waals surface area contributed by atoms with Gasteiger partial charge in [0, 0.05) is 4.47 Å². The Bertz CT molecular complexity index is 706. The molecule has 1 atom stereocenters. The molecule has 4 nitrogen and oxygen atoms in total. The van der Waals surface area contributed by atoms with E-state index in [1.807, 2.05) is 37.3 Å². The van der Waals surface area contributed by atoms with Crippen molar-refractivity contribution in [3.63, 3.8) is 0 Å². The summed E-state index contributed by atoms with van der Waals surface area (Å²) in [7, 11) is 0. The van der Waals surface area contributed by atoms with E-state index in [0.717, 1.165) is 17.7 Å². The van der Waals surface area contributed by atoms with Gasteiger partial charge in [-0.15, -0.1) is 0 Å². The maximum absolute atomic E-state index is 13.0. The summed E-state index contributed by atoms with van der Waals surface area (Å²) in [6.45, 7) is 1.44. The van der Waals surface area contributed by atoms with Crippen molar-refractivity contribution >= 4 is 27.8 Å². The standard InChI is InChI=1S/C17H15BrFNO3/c1-11(12-5-3-2-4-6-12)20-16(21)10-23-17(22)14-8-7-13(19)9-15(14)18/h2-9,11H,10H2,1H3,(H,20,21)/t11-/m0/s1. The van der Waals surface area contributed by atoms with Gasteiger partial charge < -0.3 is 10.1 Å². The van der Waals surface area contributed by atoms with Crippen LogP contribution < -0.4 is 5.32 Å². The van der Waals surface area contributed by atoms with Crippen LogP contribution in [0.25, 0.3) is 0 Å². The minimum Gasteiger partial charge on any atom is -0.452 e. The summed E-state index contributed by atoms with van der Waals surface area (Å²) >= 11 is 3.08. The maximum Gasteiger partial charge on any atom is 0.339 e. The summed E-state index contributed by atoms with van der Waals surface area (Å²) in [4.78, 5) is 23.7. The monoisotopic (exact) mass is 379 g/mol. The third-order valence-corrected chi connectivity index (χ3v) is 3.82. The fourth-order valence-electron chi connectivity index (χ4n) is 1.97. The first-order valence-corrected chi connectivity index (χ1v) is 7.73. The van der Waals surface area contributed by atoms with Crippen molar-refractivity contribution in [2.45, 2.75) is 13.0 Å². The molecule has 0 aliphatic heterocycles. The van der Waals surface area contributed by atoms with E-state index in [9.17, 15) is 14.0 Å². The first-order chi connectivity index (χ1) is 11.0. The number of rotatable bonds is 5. The lowest BCUT2D eigenvalue weighted by Gasteiger charge is -2.14. The fraction of sp³-hybridized carbons (Fsp3) is 0.176. The van der Waals surface area contributed by atoms with Gasteiger partial charge in [-0.05, 0) is 46.6 Å². The van der Waals surface area contributed by atoms with Gasteiger partial charge in [-0.2, -0.15) is 0 Å². The molecule has 0 aromatic heterocycles. The topological polar surface area (TPSA) is 55.4 Å². The molecule has 0 aliphatic carbocycles. The molecule has 2 rings (SSSR count). The van der Waals surface area contributed by atoms with Crippen LogP contribution in [0.2, 0.25) is 0 Å². The number of hydrogen-bond donors (Lipinski definition) is 1. The van der Waals surface area contributed by atoms with Gasteiger partial charge >= 0.3 is 5.97 Å². The molecule has 1 amide bonds. The van der Waals surface area contributed by atoms with Crippen molar-refractivity contribution in [1.29, 1.82) is 0 Å². The molecule has 23 heavy (non-hydrogen) atoms. The molecule has 6 heteroatoms. The van der Waals surface area contributed by atoms with Crippen LogP contribution in [0.5, 0.6) is 0 Å². The summed E-state index contributed by atoms with van der Waals surface area (Å²) in [5, 5.41) is 2.74. The van der Waals surface area contributed by atoms with Crippen molar-refractivity contribution in [2.24, 2.45) is 0 Å². The van der Waals surface area contributed by atoms with Crippen molar-refractivity contribution < 1.29 is 18.7 Å². The lowest BCUT2D eigenvalue weighted by Crippen LogP contribution is -2.31. The predicted octanol–water partition coefficient (Wildman–Crippen LogP) is 3.62. The predicted molar refractivity (Wildman–Crippen MR) is 87.4 cm³/mol. The number of carbonyl (C=O) groups excluding carboxylic acids is 2. The molecule has 0 unspecified atom stereocenters. The van der Waals surface area contributed by atoms with Crippen LogP contribution in [-0.4, -0.2) is 18.5 Å². The Hall–Kier alpha value is -2.21. The minimum absolute atomic E-state index is 0.162. The van der Waals surface area contributed by atoms with Gasteiger partial charge in [0.05, 0.1) is 11.6 Å². The zero-order valence-electron chi connectivity index (χ0n) is 12.4. The Morgan fingerprint density at radius 3 is 2.57 bits per heavy atom. The van der Waals surface area contributed by atoms with Gasteiger partial charge in [0.25, 0.3) is 5.91 Å². The summed E-state index contributed by atoms with van der Waals surface area (Å²) in [5.74, 6) is -1.57. The van der Waals surface area contributed by atoms with Gasteiger partial charge in [0.1, 0.15) is 5.82 Å². The molecule has 0 fully saturated rings. The second-order valence-corrected chi connectivity index (χ2v) is 5.75. The SMILES string of the molecule is C[C@H](NC(=O)COC(=O)c1ccc(F)cc1Br)c1ccccc1. The Labute approximate surface area is 141 Å². The number of carbonyl (C=O) groups is 2. The van der Waals surface area contributed by atoms with E-state index in [4.69, 9.17) is 4.74 Å². The van der Waals surface area contributed by atoms with E-state index in [1.165, 1.54) is 6.07 Å². The van der Waals surface area contributed by atoms with E-state index in [-0.39, 0.29) is 16.1 Å². The van der Waals surface area contributed by atoms with Gasteiger partial charge in [0.2, 0.25) is 0 Å². The van der Waals surface area contributed by atoms with E-state index in [0.29, 0.717) is 0 Å². The zero-order valence-corrected chi connectivity index (χ0v) is 14.0. The molecule has 2 aromatic carbocycles. The number of benzene rings is 2. The van der Waals surface area contributed by atoms with Crippen LogP contribution in [0.3, 0.4) is 0 Å². The number of esters is 1. The van der Waals surface area contributed by atoms with Crippen molar-refractivity contribution in [2.75, 3.05) is 6.61 Å². The number of amides is 1. The molecule has 120 valence electrons. The van der Waals surface area contributed by atoms with Gasteiger partial charge in [0.15, 0.2) is 6.61 Å². The van der Waals surface area contributed by atoms with Gasteiger partial charge in [-0.1, -0.05) is 30.3 Å². The van der Waals surface area contributed by atoms with E-state index in [2.05, 4.69) is 21.2 Å². The number of nitrogens with one attached hydrogen (secondary N) is 1. The molecule has 0 aliphatic rings. The highest BCUT2D eigenvalue weighted by molar-refractivity contribution is 9.10. The average Bonchev–Trinajstić information content (AvgIpc) is 2.53. The van der Waals surface area contributed by atoms with Gasteiger partial charge in [-0.25, -0.2) is 9.18 Å². The lowest BCUT2D eigenvalue weighted by molar-refractivity contribution is -0.124. The fourth-order valence-corrected chi connectivity index (χ4v) is 2.48. The van der Waals surface area contributed by atoms with E-state index < -0.39 is 24.3 Å². The normalized spacial score (nSPS) is 11.6. The Balaban J connectivity index is 1.88. The average molecular weight is 380 g/mol. The molecule has 2 aromatic rings. The zero-order chi connectivity index (χ0) is 16.8. The highest BCUT2D eigenvalue weighted by atomic mass is 79.9. The Morgan fingerprint density at radius 2 is 1.91 bits per heavy atom. The molecule has 0 saturated heterocycles. The second kappa shape index (κ2) is 7.87. The molecule has 0 saturated carbocycles. The quantitative estimate of drug-likeness (QED) is 0.807. The first-order valence-electron chi connectivity index (χ1n) is 6.94. The van der Waals surface area contributed by atoms with Gasteiger partial charge in [-0.3, -0.25) is 4.79 Å². The van der Waals surface area contributed by atoms with E-state index in [1.54, 1.807) is 0 Å². The lowest BCUT2D eigenvalue weighted by atomic mass is 10.1. The van der Waals surface area contributed by atoms with Crippen LogP contribution in [0, 0.1) is 5.82 Å². The second-order valence-electron chi connectivity index (χ2n) is 4.90. The van der Waals surface area contributed by atoms with Crippen LogP contribution in [0.15, 0.2) is 53.0 Å².